The van der Waals surface area contributed by atoms with Crippen LogP contribution < -0.4 is 5.43 Å². The van der Waals surface area contributed by atoms with Crippen molar-refractivity contribution in [3.8, 4) is 11.1 Å². The monoisotopic (exact) mass is 296 g/mol. The van der Waals surface area contributed by atoms with Crippen molar-refractivity contribution in [3.05, 3.63) is 60.2 Å². The smallest absolute Gasteiger partial charge is 0.234 e. The molecule has 0 aliphatic heterocycles. The molecule has 0 atom stereocenters. The van der Waals surface area contributed by atoms with E-state index in [1.54, 1.807) is 19.1 Å². The van der Waals surface area contributed by atoms with Crippen LogP contribution in [-0.4, -0.2) is 30.8 Å². The molecule has 0 bridgehead atoms. The van der Waals surface area contributed by atoms with Crippen molar-refractivity contribution in [2.24, 2.45) is 0 Å². The predicted octanol–water partition coefficient (Wildman–Crippen LogP) is 2.91. The van der Waals surface area contributed by atoms with Gasteiger partial charge in [0.25, 0.3) is 0 Å². The van der Waals surface area contributed by atoms with Crippen molar-refractivity contribution in [2.75, 3.05) is 14.1 Å². The number of hydrogen-bond acceptors (Lipinski definition) is 3. The number of hydrazine groups is 1. The fourth-order valence-electron chi connectivity index (χ4n) is 2.16. The maximum Gasteiger partial charge on any atom is 0.234 e. The average molecular weight is 296 g/mol. The fraction of sp³-hybridized carbons (Fsp3) is 0.222. The van der Waals surface area contributed by atoms with E-state index < -0.39 is 0 Å². The van der Waals surface area contributed by atoms with Gasteiger partial charge in [-0.05, 0) is 11.1 Å². The molecule has 0 heterocycles. The van der Waals surface area contributed by atoms with Gasteiger partial charge in [-0.2, -0.15) is 0 Å². The molecule has 1 amide bonds. The Hall–Kier alpha value is -2.46. The van der Waals surface area contributed by atoms with Crippen LogP contribution in [-0.2, 0) is 4.79 Å². The molecule has 2 aromatic rings. The number of nitrogens with zero attached hydrogens (tertiary/aromatic N) is 1. The normalized spacial score (nSPS) is 10.5. The minimum Gasteiger partial charge on any atom is -0.294 e. The van der Waals surface area contributed by atoms with Gasteiger partial charge >= 0.3 is 0 Å². The summed E-state index contributed by atoms with van der Waals surface area (Å²) < 4.78 is 0. The Bertz CT molecular complexity index is 634. The zero-order chi connectivity index (χ0) is 15.9. The first-order valence-electron chi connectivity index (χ1n) is 7.22. The van der Waals surface area contributed by atoms with Crippen LogP contribution in [0.3, 0.4) is 0 Å². The topological polar surface area (TPSA) is 49.4 Å². The van der Waals surface area contributed by atoms with Crippen molar-refractivity contribution in [2.45, 2.75) is 12.8 Å². The number of benzene rings is 2. The second kappa shape index (κ2) is 7.52. The summed E-state index contributed by atoms with van der Waals surface area (Å²) in [5.41, 5.74) is 5.45. The highest BCUT2D eigenvalue weighted by Crippen LogP contribution is 2.19. The van der Waals surface area contributed by atoms with E-state index in [0.717, 1.165) is 11.1 Å². The number of rotatable bonds is 6. The molecule has 0 saturated heterocycles. The highest BCUT2D eigenvalue weighted by molar-refractivity contribution is 5.98. The van der Waals surface area contributed by atoms with Crippen LogP contribution in [0.2, 0.25) is 0 Å². The Morgan fingerprint density at radius 2 is 1.45 bits per heavy atom. The number of carbonyl (C=O) groups is 2. The molecule has 0 fully saturated rings. The average Bonchev–Trinajstić information content (AvgIpc) is 2.53. The highest BCUT2D eigenvalue weighted by atomic mass is 16.2. The molecule has 2 aromatic carbocycles. The van der Waals surface area contributed by atoms with Crippen LogP contribution in [0.5, 0.6) is 0 Å². The summed E-state index contributed by atoms with van der Waals surface area (Å²) in [5.74, 6) is -0.173. The Morgan fingerprint density at radius 1 is 0.864 bits per heavy atom. The molecule has 22 heavy (non-hydrogen) atoms. The first-order chi connectivity index (χ1) is 10.6. The number of carbonyl (C=O) groups excluding carboxylic acids is 2. The minimum absolute atomic E-state index is 0.0199. The molecular formula is C18H20N2O2. The minimum atomic E-state index is -0.153. The largest absolute Gasteiger partial charge is 0.294 e. The fourth-order valence-corrected chi connectivity index (χ4v) is 2.16. The van der Waals surface area contributed by atoms with E-state index in [1.807, 2.05) is 54.6 Å². The molecule has 0 aliphatic carbocycles. The van der Waals surface area contributed by atoms with Gasteiger partial charge in [0.2, 0.25) is 5.91 Å². The van der Waals surface area contributed by atoms with Gasteiger partial charge in [-0.15, -0.1) is 0 Å². The maximum absolute atomic E-state index is 12.1. The molecule has 0 radical (unpaired) electrons. The van der Waals surface area contributed by atoms with E-state index in [0.29, 0.717) is 5.56 Å². The van der Waals surface area contributed by atoms with Crippen molar-refractivity contribution in [1.82, 2.24) is 10.4 Å². The Morgan fingerprint density at radius 3 is 2.05 bits per heavy atom. The van der Waals surface area contributed by atoms with Crippen LogP contribution in [0.15, 0.2) is 54.6 Å². The van der Waals surface area contributed by atoms with Gasteiger partial charge in [0.15, 0.2) is 5.78 Å². The summed E-state index contributed by atoms with van der Waals surface area (Å²) in [6.45, 7) is 0. The van der Waals surface area contributed by atoms with Crippen LogP contribution in [0.4, 0.5) is 0 Å². The molecule has 0 aliphatic rings. The second-order valence-corrected chi connectivity index (χ2v) is 5.30. The Labute approximate surface area is 130 Å². The van der Waals surface area contributed by atoms with E-state index in [-0.39, 0.29) is 24.5 Å². The number of hydrogen-bond donors (Lipinski definition) is 1. The molecule has 0 spiro atoms. The lowest BCUT2D eigenvalue weighted by Gasteiger charge is -2.11. The maximum atomic E-state index is 12.1. The number of amides is 1. The predicted molar refractivity (Wildman–Crippen MR) is 87.3 cm³/mol. The Balaban J connectivity index is 1.95. The van der Waals surface area contributed by atoms with E-state index in [2.05, 4.69) is 5.43 Å². The molecule has 114 valence electrons. The third kappa shape index (κ3) is 4.53. The van der Waals surface area contributed by atoms with Crippen molar-refractivity contribution in [1.29, 1.82) is 0 Å². The first-order valence-corrected chi connectivity index (χ1v) is 7.22. The van der Waals surface area contributed by atoms with Crippen LogP contribution >= 0.6 is 0 Å². The lowest BCUT2D eigenvalue weighted by Crippen LogP contribution is -2.36. The molecule has 0 aromatic heterocycles. The lowest BCUT2D eigenvalue weighted by molar-refractivity contribution is -0.124. The standard InChI is InChI=1S/C18H20N2O2/c1-20(2)19-18(22)13-12-17(21)16-10-8-15(9-11-16)14-6-4-3-5-7-14/h3-11H,12-13H2,1-2H3,(H,19,22). The highest BCUT2D eigenvalue weighted by Gasteiger charge is 2.10. The summed E-state index contributed by atoms with van der Waals surface area (Å²) in [7, 11) is 3.48. The number of ketones is 1. The van der Waals surface area contributed by atoms with Gasteiger partial charge in [0.1, 0.15) is 0 Å². The van der Waals surface area contributed by atoms with Gasteiger partial charge in [-0.3, -0.25) is 15.0 Å². The van der Waals surface area contributed by atoms with Gasteiger partial charge in [0, 0.05) is 32.5 Å². The molecule has 1 N–H and O–H groups in total. The van der Waals surface area contributed by atoms with Gasteiger partial charge in [0.05, 0.1) is 0 Å². The SMILES string of the molecule is CN(C)NC(=O)CCC(=O)c1ccc(-c2ccccc2)cc1. The quantitative estimate of drug-likeness (QED) is 0.658. The summed E-state index contributed by atoms with van der Waals surface area (Å²) in [6, 6.07) is 17.5. The summed E-state index contributed by atoms with van der Waals surface area (Å²) in [6.07, 6.45) is 0.405. The third-order valence-corrected chi connectivity index (χ3v) is 3.24. The second-order valence-electron chi connectivity index (χ2n) is 5.30. The van der Waals surface area contributed by atoms with E-state index in [9.17, 15) is 9.59 Å². The van der Waals surface area contributed by atoms with Crippen LogP contribution in [0.1, 0.15) is 23.2 Å². The summed E-state index contributed by atoms with van der Waals surface area (Å²) >= 11 is 0. The number of Topliss-reactive ketones (excluding diaryl/α,β-unsaturated/α-hetero) is 1. The zero-order valence-electron chi connectivity index (χ0n) is 12.9. The van der Waals surface area contributed by atoms with Gasteiger partial charge in [-0.1, -0.05) is 54.6 Å². The third-order valence-electron chi connectivity index (χ3n) is 3.24. The van der Waals surface area contributed by atoms with E-state index in [1.165, 1.54) is 0 Å². The molecule has 4 nitrogen and oxygen atoms in total. The molecule has 4 heteroatoms. The molecular weight excluding hydrogens is 276 g/mol. The van der Waals surface area contributed by atoms with E-state index in [4.69, 9.17) is 0 Å². The zero-order valence-corrected chi connectivity index (χ0v) is 12.9. The summed E-state index contributed by atoms with van der Waals surface area (Å²) in [4.78, 5) is 23.6. The number of nitrogens with one attached hydrogen (secondary N) is 1. The first kappa shape index (κ1) is 15.9. The molecule has 0 saturated carbocycles. The summed E-state index contributed by atoms with van der Waals surface area (Å²) in [5, 5.41) is 1.57. The van der Waals surface area contributed by atoms with Crippen molar-refractivity contribution < 1.29 is 9.59 Å². The van der Waals surface area contributed by atoms with Crippen molar-refractivity contribution in [3.63, 3.8) is 0 Å². The van der Waals surface area contributed by atoms with Gasteiger partial charge in [-0.25, -0.2) is 5.01 Å². The van der Waals surface area contributed by atoms with Crippen LogP contribution in [0.25, 0.3) is 11.1 Å². The molecule has 0 unspecified atom stereocenters. The molecule has 2 rings (SSSR count). The van der Waals surface area contributed by atoms with Crippen LogP contribution in [0, 0.1) is 0 Å². The Kier molecular flexibility index (Phi) is 5.44. The van der Waals surface area contributed by atoms with E-state index >= 15 is 0 Å². The van der Waals surface area contributed by atoms with Crippen molar-refractivity contribution >= 4 is 11.7 Å². The van der Waals surface area contributed by atoms with Gasteiger partial charge < -0.3 is 0 Å². The lowest BCUT2D eigenvalue weighted by atomic mass is 10.0.